The second-order valence-corrected chi connectivity index (χ2v) is 11.2. The van der Waals surface area contributed by atoms with Gasteiger partial charge in [-0.15, -0.1) is 0 Å². The van der Waals surface area contributed by atoms with E-state index in [4.69, 9.17) is 0 Å². The average molecular weight is 529 g/mol. The van der Waals surface area contributed by atoms with Crippen LogP contribution >= 0.6 is 0 Å². The minimum Gasteiger partial charge on any atom is -0.313 e. The molecule has 0 spiro atoms. The number of benzene rings is 5. The molecule has 0 amide bonds. The summed E-state index contributed by atoms with van der Waals surface area (Å²) >= 11 is 0. The van der Waals surface area contributed by atoms with Crippen molar-refractivity contribution in [1.82, 2.24) is 9.13 Å². The summed E-state index contributed by atoms with van der Waals surface area (Å²) in [5.41, 5.74) is 12.9. The molecule has 0 fully saturated rings. The molecule has 1 aliphatic carbocycles. The van der Waals surface area contributed by atoms with Crippen LogP contribution in [0, 0.1) is 0 Å². The topological polar surface area (TPSA) is 9.86 Å². The number of aryl methyl sites for hydroxylation is 1. The summed E-state index contributed by atoms with van der Waals surface area (Å²) in [6.45, 7) is 2.25. The molecule has 8 rings (SSSR count). The summed E-state index contributed by atoms with van der Waals surface area (Å²) in [5.74, 6) is 0. The third-order valence-corrected chi connectivity index (χ3v) is 8.71. The number of fused-ring (bicyclic) bond motifs is 6. The van der Waals surface area contributed by atoms with Crippen molar-refractivity contribution in [3.63, 3.8) is 0 Å². The molecule has 0 saturated heterocycles. The van der Waals surface area contributed by atoms with Gasteiger partial charge in [-0.25, -0.2) is 0 Å². The predicted octanol–water partition coefficient (Wildman–Crippen LogP) is 10.3. The molecule has 0 unspecified atom stereocenters. The summed E-state index contributed by atoms with van der Waals surface area (Å²) < 4.78 is 4.86. The first kappa shape index (κ1) is 24.0. The van der Waals surface area contributed by atoms with Crippen LogP contribution in [0.3, 0.4) is 0 Å². The van der Waals surface area contributed by atoms with Gasteiger partial charge in [0.1, 0.15) is 0 Å². The molecule has 198 valence electrons. The Bertz CT molecular complexity index is 2080. The van der Waals surface area contributed by atoms with Gasteiger partial charge in [-0.1, -0.05) is 92.2 Å². The maximum absolute atomic E-state index is 2.45. The van der Waals surface area contributed by atoms with Crippen LogP contribution < -0.4 is 0 Å². The maximum Gasteiger partial charge on any atom is 0.0541 e. The van der Waals surface area contributed by atoms with E-state index in [2.05, 4.69) is 143 Å². The molecule has 0 atom stereocenters. The van der Waals surface area contributed by atoms with Gasteiger partial charge in [0.05, 0.1) is 16.6 Å². The van der Waals surface area contributed by atoms with Crippen molar-refractivity contribution in [3.05, 3.63) is 138 Å². The highest BCUT2D eigenvalue weighted by Crippen LogP contribution is 2.36. The summed E-state index contributed by atoms with van der Waals surface area (Å²) in [7, 11) is 0. The minimum absolute atomic E-state index is 1.08. The van der Waals surface area contributed by atoms with E-state index in [1.807, 2.05) is 0 Å². The van der Waals surface area contributed by atoms with E-state index in [0.717, 1.165) is 25.7 Å². The predicted molar refractivity (Wildman–Crippen MR) is 174 cm³/mol. The summed E-state index contributed by atoms with van der Waals surface area (Å²) in [5, 5.41) is 3.99. The zero-order chi connectivity index (χ0) is 27.3. The minimum atomic E-state index is 1.08. The van der Waals surface area contributed by atoms with Crippen LogP contribution in [0.25, 0.3) is 61.3 Å². The average Bonchev–Trinajstić information content (AvgIpc) is 3.54. The Labute approximate surface area is 240 Å². The van der Waals surface area contributed by atoms with E-state index in [0.29, 0.717) is 0 Å². The Morgan fingerprint density at radius 3 is 1.90 bits per heavy atom. The molecule has 0 aliphatic heterocycles. The van der Waals surface area contributed by atoms with E-state index in [1.54, 1.807) is 0 Å². The normalized spacial score (nSPS) is 12.9. The van der Waals surface area contributed by atoms with Crippen molar-refractivity contribution in [2.45, 2.75) is 32.6 Å². The van der Waals surface area contributed by atoms with E-state index < -0.39 is 0 Å². The molecule has 2 heteroatoms. The van der Waals surface area contributed by atoms with Gasteiger partial charge in [0, 0.05) is 38.8 Å². The molecule has 2 aromatic heterocycles. The summed E-state index contributed by atoms with van der Waals surface area (Å²) in [4.78, 5) is 0. The van der Waals surface area contributed by atoms with E-state index in [1.165, 1.54) is 72.0 Å². The van der Waals surface area contributed by atoms with Crippen LogP contribution in [0.2, 0.25) is 0 Å². The Balaban J connectivity index is 1.17. The first-order chi connectivity index (χ1) is 20.3. The monoisotopic (exact) mass is 528 g/mol. The van der Waals surface area contributed by atoms with Crippen LogP contribution in [0.5, 0.6) is 0 Å². The van der Waals surface area contributed by atoms with Gasteiger partial charge in [-0.05, 0) is 84.5 Å². The van der Waals surface area contributed by atoms with Crippen LogP contribution in [-0.2, 0) is 12.8 Å². The first-order valence-corrected chi connectivity index (χ1v) is 14.8. The summed E-state index contributed by atoms with van der Waals surface area (Å²) in [6, 6.07) is 42.6. The molecule has 2 nitrogen and oxygen atoms in total. The third kappa shape index (κ3) is 3.86. The number of para-hydroxylation sites is 2. The molecular formula is C39H32N2. The number of rotatable bonds is 5. The fraction of sp³-hybridized carbons (Fsp3) is 0.128. The standard InChI is InChI=1S/C39H32N2/c1-2-9-27-16-25-39-35(26-27)34-12-5-8-15-38(34)41(39)31-23-19-29(20-24-31)28-17-21-30(22-18-28)40-36-13-6-3-10-32(36)33-11-4-7-14-37(33)40/h3-6,8,10-13,15-26H,2,7,9,14H2,1H3. The third-order valence-electron chi connectivity index (χ3n) is 8.71. The molecule has 1 aliphatic rings. The van der Waals surface area contributed by atoms with Crippen molar-refractivity contribution in [2.75, 3.05) is 0 Å². The highest BCUT2D eigenvalue weighted by molar-refractivity contribution is 6.09. The molecule has 0 N–H and O–H groups in total. The highest BCUT2D eigenvalue weighted by Gasteiger charge is 2.18. The zero-order valence-corrected chi connectivity index (χ0v) is 23.3. The first-order valence-electron chi connectivity index (χ1n) is 14.8. The van der Waals surface area contributed by atoms with Crippen molar-refractivity contribution >= 4 is 38.8 Å². The quantitative estimate of drug-likeness (QED) is 0.210. The number of allylic oxidation sites excluding steroid dienone is 1. The van der Waals surface area contributed by atoms with Crippen LogP contribution in [0.4, 0.5) is 0 Å². The lowest BCUT2D eigenvalue weighted by Crippen LogP contribution is -2.02. The van der Waals surface area contributed by atoms with E-state index in [-0.39, 0.29) is 0 Å². The molecule has 5 aromatic carbocycles. The number of aromatic nitrogens is 2. The van der Waals surface area contributed by atoms with E-state index >= 15 is 0 Å². The lowest BCUT2D eigenvalue weighted by atomic mass is 10.0. The van der Waals surface area contributed by atoms with Crippen LogP contribution in [0.1, 0.15) is 36.6 Å². The molecule has 0 radical (unpaired) electrons. The van der Waals surface area contributed by atoms with Gasteiger partial charge in [0.15, 0.2) is 0 Å². The van der Waals surface area contributed by atoms with Crippen molar-refractivity contribution in [2.24, 2.45) is 0 Å². The lowest BCUT2D eigenvalue weighted by molar-refractivity contribution is 0.888. The smallest absolute Gasteiger partial charge is 0.0541 e. The Morgan fingerprint density at radius 2 is 1.20 bits per heavy atom. The largest absolute Gasteiger partial charge is 0.313 e. The molecule has 2 heterocycles. The second-order valence-electron chi connectivity index (χ2n) is 11.2. The van der Waals surface area contributed by atoms with Gasteiger partial charge < -0.3 is 9.13 Å². The van der Waals surface area contributed by atoms with Crippen LogP contribution in [-0.4, -0.2) is 9.13 Å². The number of hydrogen-bond acceptors (Lipinski definition) is 0. The fourth-order valence-electron chi connectivity index (χ4n) is 6.81. The van der Waals surface area contributed by atoms with Crippen molar-refractivity contribution < 1.29 is 0 Å². The molecule has 7 aromatic rings. The maximum atomic E-state index is 2.45. The van der Waals surface area contributed by atoms with E-state index in [9.17, 15) is 0 Å². The Kier molecular flexibility index (Phi) is 5.67. The van der Waals surface area contributed by atoms with Crippen molar-refractivity contribution in [1.29, 1.82) is 0 Å². The van der Waals surface area contributed by atoms with Gasteiger partial charge >= 0.3 is 0 Å². The van der Waals surface area contributed by atoms with Gasteiger partial charge in [0.2, 0.25) is 0 Å². The summed E-state index contributed by atoms with van der Waals surface area (Å²) in [6.07, 6.45) is 9.05. The Morgan fingerprint density at radius 1 is 0.585 bits per heavy atom. The number of nitrogens with zero attached hydrogens (tertiary/aromatic N) is 2. The van der Waals surface area contributed by atoms with Gasteiger partial charge in [-0.3, -0.25) is 0 Å². The molecule has 41 heavy (non-hydrogen) atoms. The SMILES string of the molecule is CCCc1ccc2c(c1)c1ccccc1n2-c1ccc(-c2ccc(-n3c4c(c5ccccc53)C=CCC4)cc2)cc1. The van der Waals surface area contributed by atoms with Crippen molar-refractivity contribution in [3.8, 4) is 22.5 Å². The molecular weight excluding hydrogens is 496 g/mol. The zero-order valence-electron chi connectivity index (χ0n) is 23.3. The lowest BCUT2D eigenvalue weighted by Gasteiger charge is -2.14. The van der Waals surface area contributed by atoms with Gasteiger partial charge in [-0.2, -0.15) is 0 Å². The van der Waals surface area contributed by atoms with Crippen LogP contribution in [0.15, 0.2) is 121 Å². The fourth-order valence-corrected chi connectivity index (χ4v) is 6.81. The number of hydrogen-bond donors (Lipinski definition) is 0. The molecule has 0 bridgehead atoms. The Hall–Kier alpha value is -4.82. The van der Waals surface area contributed by atoms with Gasteiger partial charge in [0.25, 0.3) is 0 Å². The highest BCUT2D eigenvalue weighted by atomic mass is 15.0. The molecule has 0 saturated carbocycles. The second kappa shape index (κ2) is 9.67.